The molecule has 0 aliphatic heterocycles. The Morgan fingerprint density at radius 3 is 2.54 bits per heavy atom. The molecule has 2 aromatic rings. The van der Waals surface area contributed by atoms with Crippen LogP contribution in [-0.2, 0) is 9.53 Å². The van der Waals surface area contributed by atoms with Crippen LogP contribution in [0.15, 0.2) is 42.5 Å². The van der Waals surface area contributed by atoms with Crippen LogP contribution >= 0.6 is 0 Å². The molecule has 0 heterocycles. The van der Waals surface area contributed by atoms with E-state index in [9.17, 15) is 14.7 Å². The highest BCUT2D eigenvalue weighted by molar-refractivity contribution is 5.98. The number of anilines is 1. The summed E-state index contributed by atoms with van der Waals surface area (Å²) in [6.45, 7) is 3.18. The van der Waals surface area contributed by atoms with Crippen molar-refractivity contribution >= 4 is 17.6 Å². The van der Waals surface area contributed by atoms with Crippen molar-refractivity contribution in [3.63, 3.8) is 0 Å². The zero-order valence-corrected chi connectivity index (χ0v) is 13.7. The molecule has 1 amide bonds. The lowest BCUT2D eigenvalue weighted by Crippen LogP contribution is -2.30. The number of carbonyl (C=O) groups is 2. The van der Waals surface area contributed by atoms with Gasteiger partial charge in [-0.15, -0.1) is 0 Å². The first-order valence-corrected chi connectivity index (χ1v) is 7.37. The number of aryl methyl sites for hydroxylation is 1. The number of hydrogen-bond acceptors (Lipinski definition) is 5. The van der Waals surface area contributed by atoms with E-state index in [1.807, 2.05) is 0 Å². The number of methoxy groups -OCH3 is 1. The average Bonchev–Trinajstić information content (AvgIpc) is 2.57. The van der Waals surface area contributed by atoms with E-state index in [1.165, 1.54) is 26.2 Å². The molecule has 0 saturated heterocycles. The standard InChI is InChI=1S/C18H19NO5/c1-11-8-9-13(10-15(11)20)18(22)24-12(2)17(21)19-14-6-4-5-7-16(14)23-3/h4-10,12,20H,1-3H3,(H,19,21)/t12-/m1/s1. The van der Waals surface area contributed by atoms with E-state index in [4.69, 9.17) is 9.47 Å². The van der Waals surface area contributed by atoms with Crippen LogP contribution in [0.4, 0.5) is 5.69 Å². The number of rotatable bonds is 5. The van der Waals surface area contributed by atoms with E-state index in [0.717, 1.165) is 0 Å². The lowest BCUT2D eigenvalue weighted by Gasteiger charge is -2.15. The molecule has 0 aliphatic carbocycles. The molecule has 0 bridgehead atoms. The Bertz CT molecular complexity index is 757. The highest BCUT2D eigenvalue weighted by atomic mass is 16.5. The van der Waals surface area contributed by atoms with Gasteiger partial charge in [-0.05, 0) is 43.7 Å². The molecule has 0 radical (unpaired) electrons. The van der Waals surface area contributed by atoms with Crippen LogP contribution in [-0.4, -0.2) is 30.2 Å². The first-order valence-electron chi connectivity index (χ1n) is 7.37. The van der Waals surface area contributed by atoms with Gasteiger partial charge in [0.25, 0.3) is 5.91 Å². The number of phenols is 1. The van der Waals surface area contributed by atoms with E-state index < -0.39 is 18.0 Å². The first-order chi connectivity index (χ1) is 11.4. The van der Waals surface area contributed by atoms with Gasteiger partial charge in [-0.2, -0.15) is 0 Å². The minimum absolute atomic E-state index is 0.00410. The predicted molar refractivity (Wildman–Crippen MR) is 89.3 cm³/mol. The van der Waals surface area contributed by atoms with E-state index in [2.05, 4.69) is 5.32 Å². The Morgan fingerprint density at radius 1 is 1.17 bits per heavy atom. The lowest BCUT2D eigenvalue weighted by molar-refractivity contribution is -0.123. The molecule has 0 aliphatic rings. The highest BCUT2D eigenvalue weighted by Crippen LogP contribution is 2.23. The number of ether oxygens (including phenoxy) is 2. The molecule has 1 atom stereocenters. The van der Waals surface area contributed by atoms with Crippen LogP contribution in [0.5, 0.6) is 11.5 Å². The molecular formula is C18H19NO5. The van der Waals surface area contributed by atoms with Crippen LogP contribution in [0.3, 0.4) is 0 Å². The second kappa shape index (κ2) is 7.50. The smallest absolute Gasteiger partial charge is 0.339 e. The van der Waals surface area contributed by atoms with Gasteiger partial charge >= 0.3 is 5.97 Å². The number of aromatic hydroxyl groups is 1. The molecular weight excluding hydrogens is 310 g/mol. The molecule has 6 heteroatoms. The molecule has 6 nitrogen and oxygen atoms in total. The fourth-order valence-corrected chi connectivity index (χ4v) is 2.00. The minimum atomic E-state index is -1.01. The number of para-hydroxylation sites is 2. The maximum absolute atomic E-state index is 12.2. The Hall–Kier alpha value is -3.02. The fourth-order valence-electron chi connectivity index (χ4n) is 2.00. The third-order valence-corrected chi connectivity index (χ3v) is 3.46. The van der Waals surface area contributed by atoms with Gasteiger partial charge in [0, 0.05) is 0 Å². The number of nitrogens with one attached hydrogen (secondary N) is 1. The second-order valence-electron chi connectivity index (χ2n) is 5.24. The molecule has 0 unspecified atom stereocenters. The summed E-state index contributed by atoms with van der Waals surface area (Å²) in [6, 6.07) is 11.4. The van der Waals surface area contributed by atoms with Crippen molar-refractivity contribution < 1.29 is 24.2 Å². The van der Waals surface area contributed by atoms with E-state index in [-0.39, 0.29) is 11.3 Å². The summed E-state index contributed by atoms with van der Waals surface area (Å²) in [5.74, 6) is -0.666. The molecule has 2 rings (SSSR count). The van der Waals surface area contributed by atoms with Gasteiger partial charge in [0.2, 0.25) is 0 Å². The van der Waals surface area contributed by atoms with E-state index in [0.29, 0.717) is 17.0 Å². The van der Waals surface area contributed by atoms with Gasteiger partial charge in [-0.25, -0.2) is 4.79 Å². The SMILES string of the molecule is COc1ccccc1NC(=O)[C@@H](C)OC(=O)c1ccc(C)c(O)c1. The topological polar surface area (TPSA) is 84.9 Å². The van der Waals surface area contributed by atoms with Crippen LogP contribution < -0.4 is 10.1 Å². The van der Waals surface area contributed by atoms with Crippen LogP contribution in [0, 0.1) is 6.92 Å². The summed E-state index contributed by atoms with van der Waals surface area (Å²) in [5, 5.41) is 12.3. The molecule has 126 valence electrons. The summed E-state index contributed by atoms with van der Waals surface area (Å²) in [5.41, 5.74) is 1.31. The van der Waals surface area contributed by atoms with Gasteiger partial charge < -0.3 is 19.9 Å². The Balaban J connectivity index is 2.03. The summed E-state index contributed by atoms with van der Waals surface area (Å²) in [7, 11) is 1.50. The van der Waals surface area contributed by atoms with Crippen molar-refractivity contribution in [1.82, 2.24) is 0 Å². The van der Waals surface area contributed by atoms with Gasteiger partial charge in [-0.1, -0.05) is 18.2 Å². The second-order valence-corrected chi connectivity index (χ2v) is 5.24. The maximum atomic E-state index is 12.2. The van der Waals surface area contributed by atoms with E-state index >= 15 is 0 Å². The Morgan fingerprint density at radius 2 is 1.88 bits per heavy atom. The van der Waals surface area contributed by atoms with E-state index in [1.54, 1.807) is 37.3 Å². The van der Waals surface area contributed by atoms with Gasteiger partial charge in [0.05, 0.1) is 18.4 Å². The number of phenolic OH excluding ortho intramolecular Hbond substituents is 1. The molecule has 0 spiro atoms. The summed E-state index contributed by atoms with van der Waals surface area (Å²) >= 11 is 0. The van der Waals surface area contributed by atoms with Crippen LogP contribution in [0.2, 0.25) is 0 Å². The van der Waals surface area contributed by atoms with Gasteiger partial charge in [0.1, 0.15) is 11.5 Å². The predicted octanol–water partition coefficient (Wildman–Crippen LogP) is 2.89. The summed E-state index contributed by atoms with van der Waals surface area (Å²) in [6.07, 6.45) is -1.01. The molecule has 2 N–H and O–H groups in total. The molecule has 0 saturated carbocycles. The number of esters is 1. The Kier molecular flexibility index (Phi) is 5.42. The molecule has 2 aromatic carbocycles. The third kappa shape index (κ3) is 4.04. The van der Waals surface area contributed by atoms with Crippen molar-refractivity contribution in [3.8, 4) is 11.5 Å². The van der Waals surface area contributed by atoms with Crippen LogP contribution in [0.1, 0.15) is 22.8 Å². The fraction of sp³-hybridized carbons (Fsp3) is 0.222. The number of amides is 1. The van der Waals surface area contributed by atoms with Crippen molar-refractivity contribution in [1.29, 1.82) is 0 Å². The monoisotopic (exact) mass is 329 g/mol. The summed E-state index contributed by atoms with van der Waals surface area (Å²) < 4.78 is 10.3. The maximum Gasteiger partial charge on any atom is 0.339 e. The van der Waals surface area contributed by atoms with Crippen LogP contribution in [0.25, 0.3) is 0 Å². The van der Waals surface area contributed by atoms with Gasteiger partial charge in [-0.3, -0.25) is 4.79 Å². The first kappa shape index (κ1) is 17.3. The number of hydrogen-bond donors (Lipinski definition) is 2. The lowest BCUT2D eigenvalue weighted by atomic mass is 10.1. The zero-order valence-electron chi connectivity index (χ0n) is 13.7. The molecule has 24 heavy (non-hydrogen) atoms. The largest absolute Gasteiger partial charge is 0.508 e. The zero-order chi connectivity index (χ0) is 17.7. The highest BCUT2D eigenvalue weighted by Gasteiger charge is 2.20. The van der Waals surface area contributed by atoms with Crippen molar-refractivity contribution in [2.75, 3.05) is 12.4 Å². The van der Waals surface area contributed by atoms with Crippen molar-refractivity contribution in [2.45, 2.75) is 20.0 Å². The Labute approximate surface area is 140 Å². The molecule has 0 aromatic heterocycles. The molecule has 0 fully saturated rings. The van der Waals surface area contributed by atoms with Gasteiger partial charge in [0.15, 0.2) is 6.10 Å². The quantitative estimate of drug-likeness (QED) is 0.824. The summed E-state index contributed by atoms with van der Waals surface area (Å²) in [4.78, 5) is 24.2. The average molecular weight is 329 g/mol. The minimum Gasteiger partial charge on any atom is -0.508 e. The normalized spacial score (nSPS) is 11.5. The third-order valence-electron chi connectivity index (χ3n) is 3.46. The van der Waals surface area contributed by atoms with Crippen molar-refractivity contribution in [2.24, 2.45) is 0 Å². The van der Waals surface area contributed by atoms with Crippen molar-refractivity contribution in [3.05, 3.63) is 53.6 Å². The number of benzene rings is 2. The number of carbonyl (C=O) groups excluding carboxylic acids is 2.